The number of hydrogen-bond acceptors (Lipinski definition) is 6. The van der Waals surface area contributed by atoms with E-state index in [-0.39, 0.29) is 6.61 Å². The summed E-state index contributed by atoms with van der Waals surface area (Å²) in [7, 11) is 1.67. The molecule has 4 rings (SSSR count). The van der Waals surface area contributed by atoms with Crippen LogP contribution in [0.15, 0.2) is 35.7 Å². The van der Waals surface area contributed by atoms with E-state index in [4.69, 9.17) is 14.7 Å². The molecule has 0 saturated carbocycles. The highest BCUT2D eigenvalue weighted by molar-refractivity contribution is 7.17. The van der Waals surface area contributed by atoms with Crippen LogP contribution in [0.3, 0.4) is 0 Å². The zero-order chi connectivity index (χ0) is 17.9. The number of nitrogens with zero attached hydrogens (tertiary/aromatic N) is 3. The minimum atomic E-state index is 0.273. The molecule has 2 aromatic heterocycles. The topological polar surface area (TPSA) is 58.5 Å². The van der Waals surface area contributed by atoms with Crippen LogP contribution in [0.5, 0.6) is 0 Å². The Labute approximate surface area is 157 Å². The number of methoxy groups -OCH3 is 1. The fraction of sp³-hybridized carbons (Fsp3) is 0.400. The Morgan fingerprint density at radius 3 is 2.65 bits per heavy atom. The number of aromatic nitrogens is 2. The molecule has 1 fully saturated rings. The highest BCUT2D eigenvalue weighted by Crippen LogP contribution is 2.39. The number of anilines is 1. The van der Waals surface area contributed by atoms with Crippen molar-refractivity contribution in [2.24, 2.45) is 5.92 Å². The van der Waals surface area contributed by atoms with Crippen LogP contribution in [-0.4, -0.2) is 41.9 Å². The molecule has 0 bridgehead atoms. The van der Waals surface area contributed by atoms with Gasteiger partial charge in [0.2, 0.25) is 0 Å². The van der Waals surface area contributed by atoms with Gasteiger partial charge in [0.25, 0.3) is 0 Å². The van der Waals surface area contributed by atoms with Crippen LogP contribution < -0.4 is 4.90 Å². The molecular formula is C20H23N3O2S. The summed E-state index contributed by atoms with van der Waals surface area (Å²) in [6, 6.07) is 10.4. The van der Waals surface area contributed by atoms with Gasteiger partial charge in [0.05, 0.1) is 5.39 Å². The van der Waals surface area contributed by atoms with Gasteiger partial charge in [-0.1, -0.05) is 30.3 Å². The Hall–Kier alpha value is -2.02. The third-order valence-corrected chi connectivity index (χ3v) is 5.86. The van der Waals surface area contributed by atoms with Crippen molar-refractivity contribution in [3.8, 4) is 11.1 Å². The zero-order valence-corrected chi connectivity index (χ0v) is 15.7. The van der Waals surface area contributed by atoms with Crippen molar-refractivity contribution < 1.29 is 9.84 Å². The summed E-state index contributed by atoms with van der Waals surface area (Å²) >= 11 is 1.66. The first-order valence-corrected chi connectivity index (χ1v) is 9.86. The molecule has 1 N–H and O–H groups in total. The molecule has 0 amide bonds. The highest BCUT2D eigenvalue weighted by Gasteiger charge is 2.24. The van der Waals surface area contributed by atoms with Crippen LogP contribution >= 0.6 is 11.3 Å². The van der Waals surface area contributed by atoms with Crippen LogP contribution in [0.1, 0.15) is 18.7 Å². The van der Waals surface area contributed by atoms with E-state index >= 15 is 0 Å². The summed E-state index contributed by atoms with van der Waals surface area (Å²) in [5, 5.41) is 12.7. The Morgan fingerprint density at radius 2 is 1.96 bits per heavy atom. The van der Waals surface area contributed by atoms with E-state index < -0.39 is 0 Å². The zero-order valence-electron chi connectivity index (χ0n) is 14.9. The Morgan fingerprint density at radius 1 is 1.19 bits per heavy atom. The number of piperidine rings is 1. The van der Waals surface area contributed by atoms with Gasteiger partial charge in [-0.15, -0.1) is 11.3 Å². The van der Waals surface area contributed by atoms with Gasteiger partial charge in [-0.25, -0.2) is 9.97 Å². The molecule has 3 aromatic rings. The minimum absolute atomic E-state index is 0.273. The molecule has 0 unspecified atom stereocenters. The Balaban J connectivity index is 1.81. The standard InChI is InChI=1S/C20H23N3O2S/c1-25-12-17-21-19(23-9-7-14(11-24)8-10-23)18-16(13-26-20(18)22-17)15-5-3-2-4-6-15/h2-6,13-14,24H,7-12H2,1H3. The molecule has 1 saturated heterocycles. The van der Waals surface area contributed by atoms with Gasteiger partial charge in [0, 0.05) is 37.7 Å². The maximum atomic E-state index is 9.43. The van der Waals surface area contributed by atoms with E-state index in [1.165, 1.54) is 11.1 Å². The van der Waals surface area contributed by atoms with Gasteiger partial charge in [0.15, 0.2) is 5.82 Å². The first-order valence-electron chi connectivity index (χ1n) is 8.98. The van der Waals surface area contributed by atoms with Crippen molar-refractivity contribution >= 4 is 27.4 Å². The molecule has 0 radical (unpaired) electrons. The van der Waals surface area contributed by atoms with Gasteiger partial charge in [-0.2, -0.15) is 0 Å². The summed E-state index contributed by atoms with van der Waals surface area (Å²) in [5.74, 6) is 2.12. The quantitative estimate of drug-likeness (QED) is 0.743. The van der Waals surface area contributed by atoms with Gasteiger partial charge in [-0.05, 0) is 24.3 Å². The number of benzene rings is 1. The monoisotopic (exact) mass is 369 g/mol. The predicted octanol–water partition coefficient (Wildman–Crippen LogP) is 3.71. The molecule has 1 aromatic carbocycles. The average Bonchev–Trinajstić information content (AvgIpc) is 3.12. The molecule has 1 aliphatic heterocycles. The second-order valence-electron chi connectivity index (χ2n) is 6.71. The van der Waals surface area contributed by atoms with Crippen molar-refractivity contribution in [3.05, 3.63) is 41.5 Å². The number of rotatable bonds is 5. The lowest BCUT2D eigenvalue weighted by Gasteiger charge is -2.32. The highest BCUT2D eigenvalue weighted by atomic mass is 32.1. The van der Waals surface area contributed by atoms with Gasteiger partial charge >= 0.3 is 0 Å². The van der Waals surface area contributed by atoms with E-state index in [9.17, 15) is 5.11 Å². The molecule has 0 spiro atoms. The third kappa shape index (κ3) is 3.32. The molecule has 26 heavy (non-hydrogen) atoms. The molecule has 3 heterocycles. The van der Waals surface area contributed by atoms with Crippen LogP contribution in [-0.2, 0) is 11.3 Å². The Kier molecular flexibility index (Phi) is 5.15. The fourth-order valence-electron chi connectivity index (χ4n) is 3.55. The summed E-state index contributed by atoms with van der Waals surface area (Å²) in [6.07, 6.45) is 1.98. The lowest BCUT2D eigenvalue weighted by atomic mass is 9.97. The van der Waals surface area contributed by atoms with Crippen molar-refractivity contribution in [1.82, 2.24) is 9.97 Å². The normalized spacial score (nSPS) is 15.7. The van der Waals surface area contributed by atoms with Crippen molar-refractivity contribution in [1.29, 1.82) is 0 Å². The second kappa shape index (κ2) is 7.70. The number of aliphatic hydroxyl groups is 1. The maximum Gasteiger partial charge on any atom is 0.158 e. The molecule has 5 nitrogen and oxygen atoms in total. The van der Waals surface area contributed by atoms with Crippen LogP contribution in [0.2, 0.25) is 0 Å². The summed E-state index contributed by atoms with van der Waals surface area (Å²) in [6.45, 7) is 2.51. The first-order chi connectivity index (χ1) is 12.8. The number of fused-ring (bicyclic) bond motifs is 1. The summed E-state index contributed by atoms with van der Waals surface area (Å²) in [4.78, 5) is 12.9. The summed E-state index contributed by atoms with van der Waals surface area (Å²) in [5.41, 5.74) is 2.38. The second-order valence-corrected chi connectivity index (χ2v) is 7.56. The van der Waals surface area contributed by atoms with Crippen molar-refractivity contribution in [3.63, 3.8) is 0 Å². The van der Waals surface area contributed by atoms with E-state index in [0.717, 1.165) is 47.8 Å². The van der Waals surface area contributed by atoms with E-state index in [0.29, 0.717) is 12.5 Å². The first kappa shape index (κ1) is 17.4. The lowest BCUT2D eigenvalue weighted by molar-refractivity contribution is 0.178. The fourth-order valence-corrected chi connectivity index (χ4v) is 4.51. The minimum Gasteiger partial charge on any atom is -0.396 e. The number of ether oxygens (including phenoxy) is 1. The SMILES string of the molecule is COCc1nc(N2CCC(CO)CC2)c2c(-c3ccccc3)csc2n1. The van der Waals surface area contributed by atoms with Gasteiger partial charge in [0.1, 0.15) is 17.3 Å². The van der Waals surface area contributed by atoms with E-state index in [2.05, 4.69) is 34.5 Å². The Bertz CT molecular complexity index is 873. The van der Waals surface area contributed by atoms with Crippen LogP contribution in [0.25, 0.3) is 21.3 Å². The summed E-state index contributed by atoms with van der Waals surface area (Å²) < 4.78 is 5.27. The molecule has 6 heteroatoms. The average molecular weight is 369 g/mol. The largest absolute Gasteiger partial charge is 0.396 e. The molecule has 136 valence electrons. The predicted molar refractivity (Wildman–Crippen MR) is 106 cm³/mol. The molecular weight excluding hydrogens is 346 g/mol. The number of hydrogen-bond donors (Lipinski definition) is 1. The van der Waals surface area contributed by atoms with Crippen molar-refractivity contribution in [2.75, 3.05) is 31.7 Å². The maximum absolute atomic E-state index is 9.43. The number of thiophene rings is 1. The van der Waals surface area contributed by atoms with E-state index in [1.807, 2.05) is 6.07 Å². The van der Waals surface area contributed by atoms with Crippen molar-refractivity contribution in [2.45, 2.75) is 19.4 Å². The lowest BCUT2D eigenvalue weighted by Crippen LogP contribution is -2.35. The molecule has 0 atom stereocenters. The number of aliphatic hydroxyl groups excluding tert-OH is 1. The smallest absolute Gasteiger partial charge is 0.158 e. The van der Waals surface area contributed by atoms with Crippen LogP contribution in [0.4, 0.5) is 5.82 Å². The molecule has 1 aliphatic rings. The molecule has 0 aliphatic carbocycles. The van der Waals surface area contributed by atoms with Crippen LogP contribution in [0, 0.1) is 5.92 Å². The van der Waals surface area contributed by atoms with Gasteiger partial charge < -0.3 is 14.7 Å². The van der Waals surface area contributed by atoms with Gasteiger partial charge in [-0.3, -0.25) is 0 Å². The van der Waals surface area contributed by atoms with E-state index in [1.54, 1.807) is 18.4 Å². The third-order valence-electron chi connectivity index (χ3n) is 4.99.